The fourth-order valence-corrected chi connectivity index (χ4v) is 1.24. The Bertz CT molecular complexity index is 456. The molecule has 0 amide bonds. The highest BCUT2D eigenvalue weighted by Gasteiger charge is 2.14. The largest absolute Gasteiger partial charge is 0.477 e. The molecule has 0 unspecified atom stereocenters. The molecule has 0 aliphatic heterocycles. The molecule has 0 aromatic carbocycles. The molecule has 2 rings (SSSR count). The minimum Gasteiger partial charge on any atom is -0.477 e. The van der Waals surface area contributed by atoms with Crippen molar-refractivity contribution in [1.29, 1.82) is 0 Å². The van der Waals surface area contributed by atoms with Gasteiger partial charge in [0.05, 0.1) is 12.5 Å². The first-order chi connectivity index (χ1) is 6.70. The number of aromatic carboxylic acids is 1. The van der Waals surface area contributed by atoms with Crippen LogP contribution in [0, 0.1) is 0 Å². The molecule has 5 heteroatoms. The monoisotopic (exact) mass is 192 g/mol. The van der Waals surface area contributed by atoms with Gasteiger partial charge < -0.3 is 14.1 Å². The average molecular weight is 192 g/mol. The Kier molecular flexibility index (Phi) is 1.85. The van der Waals surface area contributed by atoms with Crippen LogP contribution < -0.4 is 0 Å². The van der Waals surface area contributed by atoms with Crippen LogP contribution in [0.3, 0.4) is 0 Å². The number of rotatable bonds is 2. The Morgan fingerprint density at radius 3 is 2.93 bits per heavy atom. The summed E-state index contributed by atoms with van der Waals surface area (Å²) in [5.41, 5.74) is 0.136. The molecule has 2 aromatic rings. The molecule has 72 valence electrons. The third kappa shape index (κ3) is 1.19. The van der Waals surface area contributed by atoms with Crippen molar-refractivity contribution in [2.75, 3.05) is 0 Å². The van der Waals surface area contributed by atoms with Gasteiger partial charge in [0.15, 0.2) is 11.6 Å². The van der Waals surface area contributed by atoms with Gasteiger partial charge in [-0.05, 0) is 12.1 Å². The Hall–Kier alpha value is -2.04. The van der Waals surface area contributed by atoms with Gasteiger partial charge in [-0.1, -0.05) is 0 Å². The van der Waals surface area contributed by atoms with Crippen LogP contribution in [-0.2, 0) is 7.05 Å². The first-order valence-electron chi connectivity index (χ1n) is 3.99. The Morgan fingerprint density at radius 2 is 2.43 bits per heavy atom. The average Bonchev–Trinajstić information content (AvgIpc) is 2.71. The van der Waals surface area contributed by atoms with Gasteiger partial charge in [-0.2, -0.15) is 0 Å². The van der Waals surface area contributed by atoms with Crippen LogP contribution in [0.25, 0.3) is 11.6 Å². The summed E-state index contributed by atoms with van der Waals surface area (Å²) in [6.07, 6.45) is 2.82. The number of carboxylic acids is 1. The number of hydrogen-bond acceptors (Lipinski definition) is 3. The van der Waals surface area contributed by atoms with Gasteiger partial charge in [0, 0.05) is 7.05 Å². The number of carbonyl (C=O) groups is 1. The lowest BCUT2D eigenvalue weighted by atomic mass is 10.4. The van der Waals surface area contributed by atoms with Gasteiger partial charge >= 0.3 is 5.97 Å². The second-order valence-corrected chi connectivity index (χ2v) is 2.81. The van der Waals surface area contributed by atoms with E-state index in [9.17, 15) is 4.79 Å². The molecule has 0 atom stereocenters. The van der Waals surface area contributed by atoms with E-state index >= 15 is 0 Å². The summed E-state index contributed by atoms with van der Waals surface area (Å²) in [5.74, 6) is 0.0604. The summed E-state index contributed by atoms with van der Waals surface area (Å²) in [6, 6.07) is 3.46. The van der Waals surface area contributed by atoms with Crippen molar-refractivity contribution in [2.24, 2.45) is 7.05 Å². The third-order valence-electron chi connectivity index (χ3n) is 1.95. The van der Waals surface area contributed by atoms with E-state index in [1.54, 1.807) is 19.2 Å². The molecule has 0 aliphatic carbocycles. The zero-order valence-electron chi connectivity index (χ0n) is 7.47. The van der Waals surface area contributed by atoms with Crippen LogP contribution in [0.2, 0.25) is 0 Å². The van der Waals surface area contributed by atoms with E-state index in [1.807, 2.05) is 0 Å². The fraction of sp³-hybridized carbons (Fsp3) is 0.111. The zero-order valence-corrected chi connectivity index (χ0v) is 7.47. The van der Waals surface area contributed by atoms with E-state index in [0.717, 1.165) is 0 Å². The van der Waals surface area contributed by atoms with Crippen LogP contribution in [0.5, 0.6) is 0 Å². The molecular formula is C9H8N2O3. The third-order valence-corrected chi connectivity index (χ3v) is 1.95. The Morgan fingerprint density at radius 1 is 1.64 bits per heavy atom. The number of nitrogens with zero attached hydrogens (tertiary/aromatic N) is 2. The number of imidazole rings is 1. The Labute approximate surface area is 79.6 Å². The quantitative estimate of drug-likeness (QED) is 0.780. The number of carboxylic acid groups (broad SMARTS) is 1. The van der Waals surface area contributed by atoms with E-state index < -0.39 is 5.97 Å². The van der Waals surface area contributed by atoms with E-state index in [2.05, 4.69) is 4.98 Å². The van der Waals surface area contributed by atoms with Gasteiger partial charge in [-0.3, -0.25) is 0 Å². The van der Waals surface area contributed by atoms with E-state index in [-0.39, 0.29) is 5.69 Å². The number of hydrogen-bond donors (Lipinski definition) is 1. The van der Waals surface area contributed by atoms with Crippen molar-refractivity contribution in [3.8, 4) is 11.6 Å². The summed E-state index contributed by atoms with van der Waals surface area (Å²) < 4.78 is 6.59. The first kappa shape index (κ1) is 8.55. The molecular weight excluding hydrogens is 184 g/mol. The summed E-state index contributed by atoms with van der Waals surface area (Å²) >= 11 is 0. The van der Waals surface area contributed by atoms with Gasteiger partial charge in [-0.25, -0.2) is 9.78 Å². The highest BCUT2D eigenvalue weighted by Crippen LogP contribution is 2.18. The molecule has 0 saturated carbocycles. The zero-order chi connectivity index (χ0) is 10.1. The number of furan rings is 1. The van der Waals surface area contributed by atoms with Gasteiger partial charge in [0.1, 0.15) is 5.69 Å². The molecule has 5 nitrogen and oxygen atoms in total. The lowest BCUT2D eigenvalue weighted by molar-refractivity contribution is 0.0686. The minimum atomic E-state index is -1.00. The van der Waals surface area contributed by atoms with Crippen LogP contribution in [-0.4, -0.2) is 20.6 Å². The van der Waals surface area contributed by atoms with Gasteiger partial charge in [-0.15, -0.1) is 0 Å². The summed E-state index contributed by atoms with van der Waals surface area (Å²) in [7, 11) is 1.63. The summed E-state index contributed by atoms with van der Waals surface area (Å²) in [5, 5.41) is 8.79. The number of aromatic nitrogens is 2. The summed E-state index contributed by atoms with van der Waals surface area (Å²) in [6.45, 7) is 0. The second-order valence-electron chi connectivity index (χ2n) is 2.81. The van der Waals surface area contributed by atoms with Crippen molar-refractivity contribution >= 4 is 5.97 Å². The molecule has 0 fully saturated rings. The smallest absolute Gasteiger partial charge is 0.354 e. The Balaban J connectivity index is 2.52. The molecule has 2 heterocycles. The molecule has 2 aromatic heterocycles. The fourth-order valence-electron chi connectivity index (χ4n) is 1.24. The molecule has 0 saturated heterocycles. The van der Waals surface area contributed by atoms with Crippen molar-refractivity contribution in [3.05, 3.63) is 30.3 Å². The van der Waals surface area contributed by atoms with Crippen molar-refractivity contribution < 1.29 is 14.3 Å². The maximum Gasteiger partial charge on any atom is 0.354 e. The SMILES string of the molecule is Cn1c(C(=O)O)cnc1-c1ccco1. The summed E-state index contributed by atoms with van der Waals surface area (Å²) in [4.78, 5) is 14.7. The maximum absolute atomic E-state index is 10.7. The van der Waals surface area contributed by atoms with Crippen molar-refractivity contribution in [3.63, 3.8) is 0 Å². The molecule has 14 heavy (non-hydrogen) atoms. The lowest BCUT2D eigenvalue weighted by Gasteiger charge is -1.99. The first-order valence-corrected chi connectivity index (χ1v) is 3.99. The van der Waals surface area contributed by atoms with Gasteiger partial charge in [0.25, 0.3) is 0 Å². The predicted molar refractivity (Wildman–Crippen MR) is 47.9 cm³/mol. The van der Waals surface area contributed by atoms with E-state index in [1.165, 1.54) is 17.0 Å². The van der Waals surface area contributed by atoms with E-state index in [0.29, 0.717) is 11.6 Å². The second kappa shape index (κ2) is 3.02. The lowest BCUT2D eigenvalue weighted by Crippen LogP contribution is -2.04. The normalized spacial score (nSPS) is 10.4. The predicted octanol–water partition coefficient (Wildman–Crippen LogP) is 1.38. The van der Waals surface area contributed by atoms with Crippen LogP contribution >= 0.6 is 0 Å². The highest BCUT2D eigenvalue weighted by atomic mass is 16.4. The highest BCUT2D eigenvalue weighted by molar-refractivity contribution is 5.86. The van der Waals surface area contributed by atoms with Crippen LogP contribution in [0.1, 0.15) is 10.5 Å². The topological polar surface area (TPSA) is 68.3 Å². The minimum absolute atomic E-state index is 0.136. The molecule has 0 bridgehead atoms. The molecule has 1 N–H and O–H groups in total. The molecule has 0 aliphatic rings. The standard InChI is InChI=1S/C9H8N2O3/c1-11-6(9(12)13)5-10-8(11)7-3-2-4-14-7/h2-5H,1H3,(H,12,13). The van der Waals surface area contributed by atoms with Crippen LogP contribution in [0.4, 0.5) is 0 Å². The molecule has 0 spiro atoms. The van der Waals surface area contributed by atoms with Crippen molar-refractivity contribution in [2.45, 2.75) is 0 Å². The van der Waals surface area contributed by atoms with Crippen LogP contribution in [0.15, 0.2) is 29.0 Å². The van der Waals surface area contributed by atoms with E-state index in [4.69, 9.17) is 9.52 Å². The molecule has 0 radical (unpaired) electrons. The van der Waals surface area contributed by atoms with Gasteiger partial charge in [0.2, 0.25) is 0 Å². The van der Waals surface area contributed by atoms with Crippen molar-refractivity contribution in [1.82, 2.24) is 9.55 Å². The maximum atomic E-state index is 10.7.